The van der Waals surface area contributed by atoms with E-state index < -0.39 is 5.41 Å². The van der Waals surface area contributed by atoms with E-state index in [2.05, 4.69) is 110 Å². The van der Waals surface area contributed by atoms with Gasteiger partial charge in [0.25, 0.3) is 0 Å². The largest absolute Gasteiger partial charge is 0.489 e. The van der Waals surface area contributed by atoms with Crippen LogP contribution in [-0.4, -0.2) is 10.1 Å². The zero-order valence-electron chi connectivity index (χ0n) is 27.9. The molecule has 0 fully saturated rings. The molecular formula is C46H35NO3S. The van der Waals surface area contributed by atoms with E-state index in [1.165, 1.54) is 10.8 Å². The van der Waals surface area contributed by atoms with Gasteiger partial charge in [0.1, 0.15) is 24.7 Å². The fraction of sp³-hybridized carbons (Fsp3) is 0.0870. The first-order valence-electron chi connectivity index (χ1n) is 17.0. The number of hydrogen-bond donors (Lipinski definition) is 1. The number of ether oxygens (including phenoxy) is 2. The van der Waals surface area contributed by atoms with Gasteiger partial charge in [-0.1, -0.05) is 121 Å². The van der Waals surface area contributed by atoms with Crippen LogP contribution in [0.3, 0.4) is 0 Å². The normalized spacial score (nSPS) is 12.5. The number of carbonyl (C=O) groups is 1. The van der Waals surface area contributed by atoms with Crippen molar-refractivity contribution in [2.45, 2.75) is 25.0 Å². The number of benzene rings is 7. The van der Waals surface area contributed by atoms with Crippen molar-refractivity contribution in [3.8, 4) is 11.5 Å². The van der Waals surface area contributed by atoms with Crippen LogP contribution in [0.2, 0.25) is 0 Å². The number of para-hydroxylation sites is 1. The fourth-order valence-corrected chi connectivity index (χ4v) is 7.24. The van der Waals surface area contributed by atoms with Gasteiger partial charge < -0.3 is 9.47 Å². The third-order valence-corrected chi connectivity index (χ3v) is 9.77. The van der Waals surface area contributed by atoms with Crippen molar-refractivity contribution in [1.82, 2.24) is 4.98 Å². The van der Waals surface area contributed by atoms with E-state index in [4.69, 9.17) is 14.5 Å². The lowest BCUT2D eigenvalue weighted by Crippen LogP contribution is -2.31. The second kappa shape index (κ2) is 14.1. The standard InChI is InChI=1S/C46H35NO3S/c48-45(51)29-46(40-17-15-34-8-2-4-11-37(34)28-40,38-18-23-42(24-19-38)49-30-32-13-14-33-7-1-3-10-36(33)27-32)39-20-25-43(26-21-39)50-31-41-22-16-35-9-5-6-12-44(35)47-41/h1-28H,29-31H2,(H,48,51). The molecule has 0 aliphatic carbocycles. The molecule has 1 heterocycles. The highest BCUT2D eigenvalue weighted by atomic mass is 32.1. The van der Waals surface area contributed by atoms with Crippen LogP contribution in [0.1, 0.15) is 34.4 Å². The Kier molecular flexibility index (Phi) is 8.96. The second-order valence-corrected chi connectivity index (χ2v) is 13.3. The molecule has 1 unspecified atom stereocenters. The molecule has 0 bridgehead atoms. The van der Waals surface area contributed by atoms with Crippen LogP contribution in [0.5, 0.6) is 11.5 Å². The minimum absolute atomic E-state index is 0.160. The SMILES string of the molecule is O=C(S)CC(c1ccc(OCc2ccc3ccccc3c2)cc1)(c1ccc(OCc2ccc3ccccc3n2)cc1)c1ccc2ccccc2c1. The van der Waals surface area contributed by atoms with E-state index in [9.17, 15) is 4.79 Å². The van der Waals surface area contributed by atoms with E-state index in [-0.39, 0.29) is 11.5 Å². The number of rotatable bonds is 11. The molecule has 0 amide bonds. The van der Waals surface area contributed by atoms with Crippen molar-refractivity contribution < 1.29 is 14.3 Å². The Labute approximate surface area is 302 Å². The lowest BCUT2D eigenvalue weighted by atomic mass is 9.67. The van der Waals surface area contributed by atoms with Crippen LogP contribution < -0.4 is 9.47 Å². The molecule has 51 heavy (non-hydrogen) atoms. The molecule has 0 saturated heterocycles. The maximum atomic E-state index is 13.1. The minimum Gasteiger partial charge on any atom is -0.489 e. The number of carbonyl (C=O) groups excluding carboxylic acids is 1. The van der Waals surface area contributed by atoms with Crippen molar-refractivity contribution in [2.75, 3.05) is 0 Å². The molecular weight excluding hydrogens is 647 g/mol. The van der Waals surface area contributed by atoms with Gasteiger partial charge in [-0.3, -0.25) is 4.79 Å². The molecule has 0 saturated carbocycles. The number of pyridine rings is 1. The second-order valence-electron chi connectivity index (χ2n) is 12.8. The smallest absolute Gasteiger partial charge is 0.187 e. The summed E-state index contributed by atoms with van der Waals surface area (Å²) in [6.45, 7) is 0.793. The van der Waals surface area contributed by atoms with Crippen molar-refractivity contribution in [2.24, 2.45) is 0 Å². The van der Waals surface area contributed by atoms with E-state index in [1.807, 2.05) is 72.8 Å². The Morgan fingerprint density at radius 2 is 1.02 bits per heavy atom. The Bertz CT molecular complexity index is 2370. The van der Waals surface area contributed by atoms with Gasteiger partial charge in [0.15, 0.2) is 5.12 Å². The van der Waals surface area contributed by atoms with Crippen molar-refractivity contribution >= 4 is 50.2 Å². The molecule has 5 heteroatoms. The number of aromatic nitrogens is 1. The van der Waals surface area contributed by atoms with Crippen LogP contribution in [0.4, 0.5) is 0 Å². The number of nitrogens with zero attached hydrogens (tertiary/aromatic N) is 1. The molecule has 8 rings (SSSR count). The van der Waals surface area contributed by atoms with Crippen LogP contribution in [0.25, 0.3) is 32.4 Å². The summed E-state index contributed by atoms with van der Waals surface area (Å²) in [6.07, 6.45) is 0.160. The molecule has 0 spiro atoms. The van der Waals surface area contributed by atoms with Crippen molar-refractivity contribution in [1.29, 1.82) is 0 Å². The molecule has 0 aliphatic rings. The molecule has 1 aromatic heterocycles. The van der Waals surface area contributed by atoms with E-state index in [0.717, 1.165) is 61.1 Å². The first-order chi connectivity index (χ1) is 25.0. The maximum absolute atomic E-state index is 13.1. The summed E-state index contributed by atoms with van der Waals surface area (Å²) in [5, 5.41) is 5.52. The predicted molar refractivity (Wildman–Crippen MR) is 210 cm³/mol. The Morgan fingerprint density at radius 1 is 0.510 bits per heavy atom. The molecule has 7 aromatic carbocycles. The zero-order valence-corrected chi connectivity index (χ0v) is 28.8. The first kappa shape index (κ1) is 32.3. The van der Waals surface area contributed by atoms with Gasteiger partial charge in [0.2, 0.25) is 0 Å². The minimum atomic E-state index is -0.821. The molecule has 0 N–H and O–H groups in total. The number of fused-ring (bicyclic) bond motifs is 3. The monoisotopic (exact) mass is 681 g/mol. The summed E-state index contributed by atoms with van der Waals surface area (Å²) in [5.41, 5.74) is 5.00. The average Bonchev–Trinajstić information content (AvgIpc) is 3.18. The quantitative estimate of drug-likeness (QED) is 0.109. The van der Waals surface area contributed by atoms with Crippen LogP contribution in [-0.2, 0) is 23.4 Å². The zero-order chi connectivity index (χ0) is 34.6. The van der Waals surface area contributed by atoms with E-state index >= 15 is 0 Å². The third-order valence-electron chi connectivity index (χ3n) is 9.62. The molecule has 8 aromatic rings. The molecule has 0 aliphatic heterocycles. The summed E-state index contributed by atoms with van der Waals surface area (Å²) < 4.78 is 12.5. The van der Waals surface area contributed by atoms with Gasteiger partial charge in [0.05, 0.1) is 16.6 Å². The molecule has 248 valence electrons. The summed E-state index contributed by atoms with van der Waals surface area (Å²) in [4.78, 5) is 17.8. The highest BCUT2D eigenvalue weighted by Crippen LogP contribution is 2.44. The summed E-state index contributed by atoms with van der Waals surface area (Å²) >= 11 is 4.36. The number of thiol groups is 1. The van der Waals surface area contributed by atoms with Crippen LogP contribution >= 0.6 is 12.6 Å². The van der Waals surface area contributed by atoms with Gasteiger partial charge in [-0.15, -0.1) is 12.6 Å². The van der Waals surface area contributed by atoms with E-state index in [0.29, 0.717) is 13.2 Å². The van der Waals surface area contributed by atoms with Crippen molar-refractivity contribution in [3.63, 3.8) is 0 Å². The molecule has 1 atom stereocenters. The maximum Gasteiger partial charge on any atom is 0.187 e. The number of hydrogen-bond acceptors (Lipinski definition) is 4. The molecule has 0 radical (unpaired) electrons. The fourth-order valence-electron chi connectivity index (χ4n) is 7.00. The Hall–Kier alpha value is -5.91. The average molecular weight is 682 g/mol. The first-order valence-corrected chi connectivity index (χ1v) is 17.5. The van der Waals surface area contributed by atoms with Crippen LogP contribution in [0, 0.1) is 0 Å². The van der Waals surface area contributed by atoms with Gasteiger partial charge in [0, 0.05) is 11.8 Å². The topological polar surface area (TPSA) is 48.4 Å². The van der Waals surface area contributed by atoms with Crippen LogP contribution in [0.15, 0.2) is 170 Å². The third kappa shape index (κ3) is 6.81. The van der Waals surface area contributed by atoms with Gasteiger partial charge >= 0.3 is 0 Å². The predicted octanol–water partition coefficient (Wildman–Crippen LogP) is 10.9. The van der Waals surface area contributed by atoms with Gasteiger partial charge in [-0.2, -0.15) is 0 Å². The Balaban J connectivity index is 1.12. The van der Waals surface area contributed by atoms with Gasteiger partial charge in [-0.25, -0.2) is 4.98 Å². The Morgan fingerprint density at radius 3 is 1.67 bits per heavy atom. The lowest BCUT2D eigenvalue weighted by Gasteiger charge is -2.35. The van der Waals surface area contributed by atoms with Crippen molar-refractivity contribution in [3.05, 3.63) is 198 Å². The highest BCUT2D eigenvalue weighted by Gasteiger charge is 2.38. The lowest BCUT2D eigenvalue weighted by molar-refractivity contribution is -0.111. The van der Waals surface area contributed by atoms with E-state index in [1.54, 1.807) is 0 Å². The van der Waals surface area contributed by atoms with Gasteiger partial charge in [-0.05, 0) is 92.3 Å². The molecule has 4 nitrogen and oxygen atoms in total. The highest BCUT2D eigenvalue weighted by molar-refractivity contribution is 7.96. The summed E-state index contributed by atoms with van der Waals surface area (Å²) in [7, 11) is 0. The summed E-state index contributed by atoms with van der Waals surface area (Å²) in [6, 6.07) is 57.7. The summed E-state index contributed by atoms with van der Waals surface area (Å²) in [5.74, 6) is 1.47.